The Bertz CT molecular complexity index is 613. The summed E-state index contributed by atoms with van der Waals surface area (Å²) < 4.78 is 6.88. The number of aromatic nitrogens is 2. The largest absolute Gasteiger partial charge is 0.481 e. The average Bonchev–Trinajstić information content (AvgIpc) is 3.01. The van der Waals surface area contributed by atoms with Gasteiger partial charge in [-0.25, -0.2) is 0 Å². The Morgan fingerprint density at radius 3 is 3.00 bits per heavy atom. The predicted molar refractivity (Wildman–Crippen MR) is 70.1 cm³/mol. The van der Waals surface area contributed by atoms with Gasteiger partial charge in [0.1, 0.15) is 12.2 Å². The van der Waals surface area contributed by atoms with E-state index in [1.165, 1.54) is 12.3 Å². The summed E-state index contributed by atoms with van der Waals surface area (Å²) in [5, 5.41) is 15.4. The third-order valence-corrected chi connectivity index (χ3v) is 2.36. The number of carbonyl (C=O) groups is 2. The highest BCUT2D eigenvalue weighted by atomic mass is 16.4. The topological polar surface area (TPSA) is 97.4 Å². The summed E-state index contributed by atoms with van der Waals surface area (Å²) in [5.41, 5.74) is 0. The highest BCUT2D eigenvalue weighted by molar-refractivity contribution is 6.01. The Hall–Kier alpha value is -2.83. The number of aliphatic carboxylic acids is 1. The molecule has 0 saturated carbocycles. The van der Waals surface area contributed by atoms with Crippen LogP contribution in [0.25, 0.3) is 0 Å². The summed E-state index contributed by atoms with van der Waals surface area (Å²) in [4.78, 5) is 21.4. The second-order valence-corrected chi connectivity index (χ2v) is 3.99. The van der Waals surface area contributed by atoms with E-state index in [2.05, 4.69) is 10.4 Å². The van der Waals surface area contributed by atoms with E-state index in [4.69, 9.17) is 9.52 Å². The van der Waals surface area contributed by atoms with Crippen molar-refractivity contribution in [1.29, 1.82) is 0 Å². The first-order chi connectivity index (χ1) is 9.63. The molecule has 2 N–H and O–H groups in total. The van der Waals surface area contributed by atoms with Crippen LogP contribution in [0.1, 0.15) is 12.2 Å². The number of hydrogen-bond donors (Lipinski definition) is 2. The maximum Gasteiger partial charge on any atom is 0.311 e. The molecule has 2 aromatic heterocycles. The Kier molecular flexibility index (Phi) is 4.33. The van der Waals surface area contributed by atoms with E-state index in [0.717, 1.165) is 5.76 Å². The van der Waals surface area contributed by atoms with Crippen LogP contribution in [0.5, 0.6) is 0 Å². The van der Waals surface area contributed by atoms with Gasteiger partial charge < -0.3 is 14.8 Å². The Labute approximate surface area is 114 Å². The minimum atomic E-state index is -1.15. The van der Waals surface area contributed by atoms with Gasteiger partial charge in [0.2, 0.25) is 0 Å². The summed E-state index contributed by atoms with van der Waals surface area (Å²) in [6, 6.07) is 5.38. The van der Waals surface area contributed by atoms with E-state index in [0.29, 0.717) is 12.4 Å². The van der Waals surface area contributed by atoms with Gasteiger partial charge in [-0.05, 0) is 18.2 Å². The maximum absolute atomic E-state index is 11.1. The van der Waals surface area contributed by atoms with Gasteiger partial charge in [0.05, 0.1) is 12.8 Å². The van der Waals surface area contributed by atoms with Crippen LogP contribution in [-0.4, -0.2) is 26.6 Å². The lowest BCUT2D eigenvalue weighted by Crippen LogP contribution is -2.04. The van der Waals surface area contributed by atoms with Crippen molar-refractivity contribution >= 4 is 17.6 Å². The van der Waals surface area contributed by atoms with Gasteiger partial charge in [0, 0.05) is 18.5 Å². The first-order valence-electron chi connectivity index (χ1n) is 5.87. The molecule has 2 heterocycles. The molecule has 0 aliphatic carbocycles. The molecule has 0 spiro atoms. The molecule has 20 heavy (non-hydrogen) atoms. The minimum Gasteiger partial charge on any atom is -0.481 e. The number of anilines is 1. The molecule has 0 amide bonds. The summed E-state index contributed by atoms with van der Waals surface area (Å²) in [6.45, 7) is 0.510. The predicted octanol–water partition coefficient (Wildman–Crippen LogP) is 1.49. The summed E-state index contributed by atoms with van der Waals surface area (Å²) in [7, 11) is 0. The third kappa shape index (κ3) is 4.13. The van der Waals surface area contributed by atoms with Gasteiger partial charge in [-0.2, -0.15) is 5.10 Å². The first kappa shape index (κ1) is 13.6. The van der Waals surface area contributed by atoms with Crippen molar-refractivity contribution in [2.45, 2.75) is 13.0 Å². The summed E-state index contributed by atoms with van der Waals surface area (Å²) >= 11 is 0. The highest BCUT2D eigenvalue weighted by Crippen LogP contribution is 2.06. The second kappa shape index (κ2) is 6.37. The van der Waals surface area contributed by atoms with Crippen molar-refractivity contribution in [3.05, 3.63) is 48.7 Å². The van der Waals surface area contributed by atoms with Gasteiger partial charge in [-0.1, -0.05) is 0 Å². The SMILES string of the molecule is O=C(O)CC(=O)C=CNc1ccn(Cc2ccco2)n1. The molecule has 7 nitrogen and oxygen atoms in total. The zero-order chi connectivity index (χ0) is 14.4. The maximum atomic E-state index is 11.1. The third-order valence-electron chi connectivity index (χ3n) is 2.36. The Morgan fingerprint density at radius 2 is 2.30 bits per heavy atom. The Balaban J connectivity index is 1.85. The number of allylic oxidation sites excluding steroid dienone is 1. The molecule has 0 aliphatic rings. The van der Waals surface area contributed by atoms with E-state index in [1.807, 2.05) is 6.07 Å². The number of rotatable bonds is 7. The normalized spacial score (nSPS) is 10.8. The number of carboxylic acids is 1. The number of nitrogens with one attached hydrogen (secondary N) is 1. The highest BCUT2D eigenvalue weighted by Gasteiger charge is 2.03. The van der Waals surface area contributed by atoms with E-state index in [1.54, 1.807) is 29.3 Å². The molecule has 0 aliphatic heterocycles. The molecule has 0 aromatic carbocycles. The fourth-order valence-electron chi connectivity index (χ4n) is 1.52. The van der Waals surface area contributed by atoms with Gasteiger partial charge in [-0.15, -0.1) is 0 Å². The molecule has 0 atom stereocenters. The Morgan fingerprint density at radius 1 is 1.45 bits per heavy atom. The lowest BCUT2D eigenvalue weighted by atomic mass is 10.3. The van der Waals surface area contributed by atoms with Crippen LogP contribution >= 0.6 is 0 Å². The molecule has 2 aromatic rings. The van der Waals surface area contributed by atoms with Gasteiger partial charge in [0.25, 0.3) is 0 Å². The van der Waals surface area contributed by atoms with E-state index >= 15 is 0 Å². The average molecular weight is 275 g/mol. The van der Waals surface area contributed by atoms with Crippen LogP contribution in [0.3, 0.4) is 0 Å². The second-order valence-electron chi connectivity index (χ2n) is 3.99. The number of nitrogens with zero attached hydrogens (tertiary/aromatic N) is 2. The minimum absolute atomic E-state index is 0.486. The number of carbonyl (C=O) groups excluding carboxylic acids is 1. The van der Waals surface area contributed by atoms with Gasteiger partial charge in [0.15, 0.2) is 11.6 Å². The zero-order valence-electron chi connectivity index (χ0n) is 10.5. The molecule has 0 fully saturated rings. The lowest BCUT2D eigenvalue weighted by molar-refractivity contribution is -0.139. The van der Waals surface area contributed by atoms with Crippen molar-refractivity contribution in [3.8, 4) is 0 Å². The van der Waals surface area contributed by atoms with E-state index in [-0.39, 0.29) is 0 Å². The quantitative estimate of drug-likeness (QED) is 0.587. The molecule has 0 bridgehead atoms. The van der Waals surface area contributed by atoms with E-state index < -0.39 is 18.2 Å². The molecule has 7 heteroatoms. The first-order valence-corrected chi connectivity index (χ1v) is 5.87. The van der Waals surface area contributed by atoms with Crippen LogP contribution < -0.4 is 5.32 Å². The monoisotopic (exact) mass is 275 g/mol. The van der Waals surface area contributed by atoms with Crippen molar-refractivity contribution < 1.29 is 19.1 Å². The fourth-order valence-corrected chi connectivity index (χ4v) is 1.52. The van der Waals surface area contributed by atoms with Crippen LogP contribution in [0.2, 0.25) is 0 Å². The lowest BCUT2D eigenvalue weighted by Gasteiger charge is -1.97. The molecule has 0 saturated heterocycles. The van der Waals surface area contributed by atoms with Crippen LogP contribution in [-0.2, 0) is 16.1 Å². The fraction of sp³-hybridized carbons (Fsp3) is 0.154. The van der Waals surface area contributed by atoms with Gasteiger partial charge in [-0.3, -0.25) is 14.3 Å². The smallest absolute Gasteiger partial charge is 0.311 e. The molecule has 2 rings (SSSR count). The molecule has 104 valence electrons. The number of ketones is 1. The molecule has 0 radical (unpaired) electrons. The molecular weight excluding hydrogens is 262 g/mol. The molecular formula is C13H13N3O4. The van der Waals surface area contributed by atoms with Crippen molar-refractivity contribution in [2.24, 2.45) is 0 Å². The number of carboxylic acid groups (broad SMARTS) is 1. The molecule has 0 unspecified atom stereocenters. The van der Waals surface area contributed by atoms with Gasteiger partial charge >= 0.3 is 5.97 Å². The number of furan rings is 1. The van der Waals surface area contributed by atoms with Crippen LogP contribution in [0, 0.1) is 0 Å². The summed E-state index contributed by atoms with van der Waals surface area (Å²) in [6.07, 6.45) is 5.36. The summed E-state index contributed by atoms with van der Waals surface area (Å²) in [5.74, 6) is -0.301. The van der Waals surface area contributed by atoms with Crippen LogP contribution in [0.4, 0.5) is 5.82 Å². The van der Waals surface area contributed by atoms with Crippen molar-refractivity contribution in [1.82, 2.24) is 9.78 Å². The van der Waals surface area contributed by atoms with Crippen LogP contribution in [0.15, 0.2) is 47.4 Å². The van der Waals surface area contributed by atoms with Crippen molar-refractivity contribution in [2.75, 3.05) is 5.32 Å². The van der Waals surface area contributed by atoms with Crippen molar-refractivity contribution in [3.63, 3.8) is 0 Å². The number of hydrogen-bond acceptors (Lipinski definition) is 5. The zero-order valence-corrected chi connectivity index (χ0v) is 10.5. The standard InChI is InChI=1S/C13H13N3O4/c17-10(8-13(18)19)3-5-14-12-4-6-16(15-12)9-11-2-1-7-20-11/h1-7H,8-9H2,(H,14,15)(H,18,19). The van der Waals surface area contributed by atoms with E-state index in [9.17, 15) is 9.59 Å².